The summed E-state index contributed by atoms with van der Waals surface area (Å²) in [5, 5.41) is 70.1. The van der Waals surface area contributed by atoms with E-state index in [0.717, 1.165) is 144 Å². The Morgan fingerprint density at radius 1 is 0.256 bits per heavy atom. The van der Waals surface area contributed by atoms with Crippen LogP contribution in [0.1, 0.15) is 205 Å². The van der Waals surface area contributed by atoms with Crippen LogP contribution >= 0.6 is 0 Å². The van der Waals surface area contributed by atoms with E-state index in [9.17, 15) is 0 Å². The van der Waals surface area contributed by atoms with Crippen molar-refractivity contribution in [1.29, 1.82) is 0 Å². The quantitative estimate of drug-likeness (QED) is 0.0165. The number of hydrogen-bond donors (Lipinski definition) is 8. The maximum Gasteiger partial charge on any atom is 1.00 e. The summed E-state index contributed by atoms with van der Waals surface area (Å²) in [6, 6.07) is 0. The van der Waals surface area contributed by atoms with Gasteiger partial charge in [-0.1, -0.05) is 0 Å². The van der Waals surface area contributed by atoms with Crippen LogP contribution in [-0.4, -0.2) is 113 Å². The van der Waals surface area contributed by atoms with Crippen molar-refractivity contribution in [2.24, 2.45) is 0 Å². The first kappa shape index (κ1) is 97.2. The minimum Gasteiger partial charge on any atom is -0.716 e. The van der Waals surface area contributed by atoms with E-state index in [4.69, 9.17) is 153 Å². The fraction of sp³-hybridized carbons (Fsp3) is 0.833. The van der Waals surface area contributed by atoms with Crippen molar-refractivity contribution in [3.8, 4) is 0 Å². The van der Waals surface area contributed by atoms with Crippen LogP contribution < -0.4 is 39.9 Å². The molecule has 10 aliphatic rings. The molecule has 0 aliphatic carbocycles. The van der Waals surface area contributed by atoms with E-state index in [1.54, 1.807) is 0 Å². The van der Waals surface area contributed by atoms with Gasteiger partial charge in [0.2, 0.25) is 0 Å². The van der Waals surface area contributed by atoms with Crippen molar-refractivity contribution < 1.29 is 170 Å². The van der Waals surface area contributed by atoms with Crippen molar-refractivity contribution >= 4 is 141 Å². The van der Waals surface area contributed by atoms with Gasteiger partial charge in [0.05, 0.1) is 30.1 Å². The molecule has 0 spiro atoms. The maximum absolute atomic E-state index is 9.15. The second-order valence-electron chi connectivity index (χ2n) is 18.9. The van der Waals surface area contributed by atoms with E-state index in [-0.39, 0.29) is 89.5 Å². The molecule has 0 bridgehead atoms. The van der Waals surface area contributed by atoms with Gasteiger partial charge in [-0.3, -0.25) is 39.9 Å². The number of hydrogen-bond acceptors (Lipinski definition) is 22. The molecule has 10 aliphatic heterocycles. The summed E-state index contributed by atoms with van der Waals surface area (Å²) in [5.74, 6) is 0. The van der Waals surface area contributed by atoms with Crippen LogP contribution in [0.4, 0.5) is 0 Å². The minimum absolute atomic E-state index is 0. The van der Waals surface area contributed by atoms with Crippen molar-refractivity contribution in [2.75, 3.05) is 52.4 Å². The average Bonchev–Trinajstić information content (AvgIpc) is 4.47. The first-order valence-electron chi connectivity index (χ1n) is 28.2. The van der Waals surface area contributed by atoms with Crippen LogP contribution in [0, 0.1) is 51.5 Å². The second-order valence-corrected chi connectivity index (χ2v) is 22.9. The Morgan fingerprint density at radius 3 is 0.430 bits per heavy atom. The summed E-state index contributed by atoms with van der Waals surface area (Å²) in [6.45, 7) is 8.77. The van der Waals surface area contributed by atoms with E-state index < -0.39 is 20.4 Å². The predicted octanol–water partition coefficient (Wildman–Crippen LogP) is -4.62. The number of rotatable bonds is 0. The van der Waals surface area contributed by atoms with Gasteiger partial charge < -0.3 is 153 Å². The Kier molecular flexibility index (Phi) is 76.8. The summed E-state index contributed by atoms with van der Waals surface area (Å²) in [5.41, 5.74) is 0. The zero-order chi connectivity index (χ0) is 61.5. The van der Waals surface area contributed by atoms with Gasteiger partial charge in [0.25, 0.3) is 0 Å². The first-order valence-corrected chi connectivity index (χ1v) is 31.4. The summed E-state index contributed by atoms with van der Waals surface area (Å²) in [4.78, 5) is 54.8. The van der Waals surface area contributed by atoms with Gasteiger partial charge >= 0.3 is 89.5 Å². The van der Waals surface area contributed by atoms with E-state index in [2.05, 4.69) is 59.9 Å². The van der Waals surface area contributed by atoms with Crippen LogP contribution in [0.25, 0.3) is 0 Å². The molecule has 0 radical (unpaired) electrons. The molecule has 516 valence electrons. The van der Waals surface area contributed by atoms with Crippen LogP contribution in [0.15, 0.2) is 0 Å². The zero-order valence-corrected chi connectivity index (χ0v) is 60.7. The minimum atomic E-state index is -2.25. The van der Waals surface area contributed by atoms with Gasteiger partial charge in [-0.15, -0.1) is 0 Å². The van der Waals surface area contributed by atoms with E-state index >= 15 is 0 Å². The predicted molar refractivity (Wildman–Crippen MR) is 332 cm³/mol. The molecule has 10 rings (SSSR count). The molecular weight excluding hydrogens is 1660 g/mol. The molecule has 2 fully saturated rings. The summed E-state index contributed by atoms with van der Waals surface area (Å²) >= 11 is 39.8. The van der Waals surface area contributed by atoms with Gasteiger partial charge in [-0.2, -0.15) is 0 Å². The monoisotopic (exact) mass is 1740 g/mol. The summed E-state index contributed by atoms with van der Waals surface area (Å²) < 4.78 is 0. The molecule has 0 amide bonds. The Balaban J connectivity index is -0.000000203. The largest absolute Gasteiger partial charge is 1.00 e. The molecule has 0 aromatic heterocycles. The van der Waals surface area contributed by atoms with Crippen molar-refractivity contribution in [1.82, 2.24) is 0 Å². The van der Waals surface area contributed by atoms with Gasteiger partial charge in [0.15, 0.2) is 0 Å². The third kappa shape index (κ3) is 86.1. The fourth-order valence-corrected chi connectivity index (χ4v) is 9.25. The Bertz CT molecular complexity index is 1590. The van der Waals surface area contributed by atoms with Crippen molar-refractivity contribution in [3.63, 3.8) is 0 Å². The molecule has 26 nitrogen and oxygen atoms in total. The molecule has 0 atom stereocenters. The number of quaternary nitrogens is 2. The second kappa shape index (κ2) is 68.0. The van der Waals surface area contributed by atoms with Gasteiger partial charge in [-0.25, -0.2) is 0 Å². The van der Waals surface area contributed by atoms with E-state index in [0.29, 0.717) is 0 Å². The molecular formula is C48H88Ag4N12O14S8. The van der Waals surface area contributed by atoms with Crippen molar-refractivity contribution in [2.45, 2.75) is 205 Å². The van der Waals surface area contributed by atoms with E-state index in [1.807, 2.05) is 0 Å². The molecule has 0 aromatic carbocycles. The third-order valence-corrected chi connectivity index (χ3v) is 14.4. The average molecular weight is 1750 g/mol. The number of nitrogens with one attached hydrogen (secondary N) is 8. The summed E-state index contributed by atoms with van der Waals surface area (Å²) in [7, 11) is 0. The first-order chi connectivity index (χ1) is 39.0. The SMILES string of the molecule is O=[N+]([O-])[O-].O=[N+]([O-])[O-].[Ag+].[Ag+].[Ag+].[Ag+].[O-][N+]1([O-])OO1.[O-][N+]1([O-])OO1.[S-]C1=[NH+]CCCCC1.[S-]C1=[NH+]CCCCC1.[S-]C1=[NH+]CCCCC1.[S-]C1=[NH+]CCCCC1.[S-]C1=[NH+]CCCCC1.[S-]C1=[NH+]CCCCC1.[S-]C1=[NH+]CCCCC1.[S-]C1=[NH+]CCCCC1. The van der Waals surface area contributed by atoms with Crippen LogP contribution in [0.5, 0.6) is 0 Å². The Hall–Kier alpha value is 0.0810. The fourth-order valence-electron chi connectivity index (χ4n) is 7.28. The molecule has 86 heavy (non-hydrogen) atoms. The molecule has 0 saturated carbocycles. The van der Waals surface area contributed by atoms with Gasteiger partial charge in [-0.05, 0) is 113 Å². The molecule has 0 unspecified atom stereocenters. The molecule has 0 aromatic rings. The topological polar surface area (TPSA) is 387 Å². The van der Waals surface area contributed by atoms with Crippen molar-refractivity contribution in [3.05, 3.63) is 51.5 Å². The molecule has 38 heteroatoms. The smallest absolute Gasteiger partial charge is 0.716 e. The Morgan fingerprint density at radius 2 is 0.349 bits per heavy atom. The third-order valence-electron chi connectivity index (χ3n) is 11.6. The zero-order valence-electron chi connectivity index (χ0n) is 48.3. The summed E-state index contributed by atoms with van der Waals surface area (Å²) in [6.07, 6.45) is 40.2. The molecule has 10 heterocycles. The Labute approximate surface area is 614 Å². The van der Waals surface area contributed by atoms with E-state index in [1.165, 1.54) is 154 Å². The van der Waals surface area contributed by atoms with Crippen LogP contribution in [0.3, 0.4) is 0 Å². The van der Waals surface area contributed by atoms with Gasteiger partial charge in [0, 0.05) is 143 Å². The standard InChI is InChI=1S/8C6H11NS.4Ag.2NO4.2NO3/c8*8-6-4-2-1-3-5-7-6;;;;;2*2-1(3)4-5-1;2*2-1(3)4/h8*1-5H2,(H,7,8);;;;;;;;/q;;;;;;;;4*+1;4*-1. The number of nitrogens with zero attached hydrogens (tertiary/aromatic N) is 4. The van der Waals surface area contributed by atoms with Crippen LogP contribution in [0.2, 0.25) is 0 Å². The molecule has 2 saturated heterocycles. The normalized spacial score (nSPS) is 20.2. The van der Waals surface area contributed by atoms with Gasteiger partial charge in [0.1, 0.15) is 52.4 Å². The maximum atomic E-state index is 9.15. The molecule has 8 N–H and O–H groups in total. The van der Waals surface area contributed by atoms with Crippen LogP contribution in [-0.2, 0) is 211 Å².